The van der Waals surface area contributed by atoms with Gasteiger partial charge in [0.05, 0.1) is 13.2 Å². The van der Waals surface area contributed by atoms with Crippen molar-refractivity contribution in [1.82, 2.24) is 9.80 Å². The van der Waals surface area contributed by atoms with Gasteiger partial charge in [-0.3, -0.25) is 9.59 Å². The average Bonchev–Trinajstić information content (AvgIpc) is 2.61. The van der Waals surface area contributed by atoms with Crippen LogP contribution in [0.4, 0.5) is 0 Å². The standard InChI is InChI=1S/C23H36N2O5/c1-17(2)29-19-11-9-18(15-20(19)28-8)10-12-21(26)25(14-13-24(6)7)16-22(27)30-23(3,4)5/h9-12,15,17H,13-14,16H2,1-8H3/b12-10+. The Morgan fingerprint density at radius 3 is 2.30 bits per heavy atom. The van der Waals surface area contributed by atoms with Crippen LogP contribution in [-0.4, -0.2) is 74.2 Å². The van der Waals surface area contributed by atoms with Crippen LogP contribution < -0.4 is 9.47 Å². The van der Waals surface area contributed by atoms with E-state index in [2.05, 4.69) is 0 Å². The Bertz CT molecular complexity index is 736. The smallest absolute Gasteiger partial charge is 0.326 e. The van der Waals surface area contributed by atoms with Crippen LogP contribution in [-0.2, 0) is 14.3 Å². The molecule has 0 aliphatic carbocycles. The van der Waals surface area contributed by atoms with Crippen molar-refractivity contribution in [3.63, 3.8) is 0 Å². The number of hydrogen-bond acceptors (Lipinski definition) is 6. The molecule has 1 amide bonds. The number of benzene rings is 1. The quantitative estimate of drug-likeness (QED) is 0.428. The number of likely N-dealkylation sites (N-methyl/N-ethyl adjacent to an activating group) is 1. The van der Waals surface area contributed by atoms with Gasteiger partial charge in [0, 0.05) is 19.2 Å². The third kappa shape index (κ3) is 9.78. The summed E-state index contributed by atoms with van der Waals surface area (Å²) in [6.45, 7) is 10.2. The molecule has 0 saturated carbocycles. The van der Waals surface area contributed by atoms with Gasteiger partial charge in [0.2, 0.25) is 5.91 Å². The molecule has 1 rings (SSSR count). The highest BCUT2D eigenvalue weighted by molar-refractivity contribution is 5.93. The van der Waals surface area contributed by atoms with Crippen molar-refractivity contribution in [1.29, 1.82) is 0 Å². The zero-order valence-electron chi connectivity index (χ0n) is 19.5. The van der Waals surface area contributed by atoms with E-state index in [9.17, 15) is 9.59 Å². The molecule has 0 aliphatic rings. The molecule has 0 radical (unpaired) electrons. The largest absolute Gasteiger partial charge is 0.493 e. The van der Waals surface area contributed by atoms with Crippen molar-refractivity contribution in [2.45, 2.75) is 46.3 Å². The Hall–Kier alpha value is -2.54. The lowest BCUT2D eigenvalue weighted by molar-refractivity contribution is -0.158. The summed E-state index contributed by atoms with van der Waals surface area (Å²) in [6.07, 6.45) is 3.18. The van der Waals surface area contributed by atoms with E-state index in [4.69, 9.17) is 14.2 Å². The van der Waals surface area contributed by atoms with Gasteiger partial charge in [-0.1, -0.05) is 6.07 Å². The summed E-state index contributed by atoms with van der Waals surface area (Å²) < 4.78 is 16.5. The molecule has 1 aromatic rings. The molecule has 168 valence electrons. The van der Waals surface area contributed by atoms with Crippen LogP contribution >= 0.6 is 0 Å². The lowest BCUT2D eigenvalue weighted by Gasteiger charge is -2.25. The number of carbonyl (C=O) groups is 2. The van der Waals surface area contributed by atoms with Gasteiger partial charge < -0.3 is 24.0 Å². The summed E-state index contributed by atoms with van der Waals surface area (Å²) in [5.41, 5.74) is 0.195. The number of esters is 1. The highest BCUT2D eigenvalue weighted by Crippen LogP contribution is 2.29. The van der Waals surface area contributed by atoms with E-state index in [-0.39, 0.29) is 18.6 Å². The molecule has 0 spiro atoms. The molecular formula is C23H36N2O5. The fourth-order valence-electron chi connectivity index (χ4n) is 2.53. The first-order valence-corrected chi connectivity index (χ1v) is 10.1. The Balaban J connectivity index is 2.93. The highest BCUT2D eigenvalue weighted by Gasteiger charge is 2.21. The summed E-state index contributed by atoms with van der Waals surface area (Å²) in [4.78, 5) is 28.4. The monoisotopic (exact) mass is 420 g/mol. The van der Waals surface area contributed by atoms with Gasteiger partial charge in [0.15, 0.2) is 11.5 Å². The van der Waals surface area contributed by atoms with Gasteiger partial charge in [-0.2, -0.15) is 0 Å². The van der Waals surface area contributed by atoms with Crippen molar-refractivity contribution >= 4 is 18.0 Å². The SMILES string of the molecule is COc1cc(/C=C/C(=O)N(CCN(C)C)CC(=O)OC(C)(C)C)ccc1OC(C)C. The van der Waals surface area contributed by atoms with E-state index in [0.717, 1.165) is 5.56 Å². The van der Waals surface area contributed by atoms with Gasteiger partial charge >= 0.3 is 5.97 Å². The van der Waals surface area contributed by atoms with Crippen molar-refractivity contribution < 1.29 is 23.8 Å². The minimum Gasteiger partial charge on any atom is -0.493 e. The van der Waals surface area contributed by atoms with Gasteiger partial charge in [0.1, 0.15) is 12.1 Å². The molecule has 1 aromatic carbocycles. The number of rotatable bonds is 10. The molecule has 7 heteroatoms. The summed E-state index contributed by atoms with van der Waals surface area (Å²) in [6, 6.07) is 5.47. The van der Waals surface area contributed by atoms with Gasteiger partial charge in [-0.15, -0.1) is 0 Å². The van der Waals surface area contributed by atoms with Crippen LogP contribution in [0.2, 0.25) is 0 Å². The molecule has 30 heavy (non-hydrogen) atoms. The number of amides is 1. The molecule has 0 bridgehead atoms. The number of ether oxygens (including phenoxy) is 3. The van der Waals surface area contributed by atoms with Crippen LogP contribution in [0.15, 0.2) is 24.3 Å². The zero-order valence-corrected chi connectivity index (χ0v) is 19.5. The van der Waals surface area contributed by atoms with Crippen molar-refractivity contribution in [3.05, 3.63) is 29.8 Å². The maximum atomic E-state index is 12.8. The lowest BCUT2D eigenvalue weighted by atomic mass is 10.2. The number of hydrogen-bond donors (Lipinski definition) is 0. The molecule has 0 N–H and O–H groups in total. The average molecular weight is 421 g/mol. The maximum Gasteiger partial charge on any atom is 0.326 e. The minimum atomic E-state index is -0.598. The molecule has 0 aliphatic heterocycles. The highest BCUT2D eigenvalue weighted by atomic mass is 16.6. The maximum absolute atomic E-state index is 12.8. The third-order valence-electron chi connectivity index (χ3n) is 3.84. The normalized spacial score (nSPS) is 11.8. The zero-order chi connectivity index (χ0) is 22.9. The van der Waals surface area contributed by atoms with Gasteiger partial charge in [0.25, 0.3) is 0 Å². The summed E-state index contributed by atoms with van der Waals surface area (Å²) >= 11 is 0. The molecule has 0 atom stereocenters. The van der Waals surface area contributed by atoms with Crippen LogP contribution in [0.5, 0.6) is 11.5 Å². The van der Waals surface area contributed by atoms with E-state index in [1.54, 1.807) is 40.0 Å². The van der Waals surface area contributed by atoms with Crippen molar-refractivity contribution in [3.8, 4) is 11.5 Å². The molecule has 0 unspecified atom stereocenters. The van der Waals surface area contributed by atoms with Crippen molar-refractivity contribution in [2.24, 2.45) is 0 Å². The van der Waals surface area contributed by atoms with Crippen LogP contribution in [0.25, 0.3) is 6.08 Å². The Labute approximate surface area is 180 Å². The van der Waals surface area contributed by atoms with E-state index in [1.807, 2.05) is 45.0 Å². The summed E-state index contributed by atoms with van der Waals surface area (Å²) in [5.74, 6) is 0.550. The second-order valence-corrected chi connectivity index (χ2v) is 8.56. The van der Waals surface area contributed by atoms with E-state index < -0.39 is 11.6 Å². The van der Waals surface area contributed by atoms with Gasteiger partial charge in [-0.05, 0) is 72.5 Å². The fourth-order valence-corrected chi connectivity index (χ4v) is 2.53. The Kier molecular flexibility index (Phi) is 9.85. The first-order chi connectivity index (χ1) is 13.9. The van der Waals surface area contributed by atoms with Crippen molar-refractivity contribution in [2.75, 3.05) is 40.8 Å². The number of carbonyl (C=O) groups excluding carboxylic acids is 2. The fraction of sp³-hybridized carbons (Fsp3) is 0.565. The van der Waals surface area contributed by atoms with Gasteiger partial charge in [-0.25, -0.2) is 0 Å². The molecule has 0 aromatic heterocycles. The number of nitrogens with zero attached hydrogens (tertiary/aromatic N) is 2. The van der Waals surface area contributed by atoms with Crippen LogP contribution in [0.3, 0.4) is 0 Å². The topological polar surface area (TPSA) is 68.3 Å². The minimum absolute atomic E-state index is 0.0278. The lowest BCUT2D eigenvalue weighted by Crippen LogP contribution is -2.41. The van der Waals surface area contributed by atoms with E-state index >= 15 is 0 Å². The summed E-state index contributed by atoms with van der Waals surface area (Å²) in [7, 11) is 5.41. The predicted octanol–water partition coefficient (Wildman–Crippen LogP) is 3.23. The second kappa shape index (κ2) is 11.6. The molecule has 0 saturated heterocycles. The first kappa shape index (κ1) is 25.5. The molecular weight excluding hydrogens is 384 g/mol. The number of methoxy groups -OCH3 is 1. The molecule has 7 nitrogen and oxygen atoms in total. The molecule has 0 heterocycles. The Morgan fingerprint density at radius 2 is 1.77 bits per heavy atom. The van der Waals surface area contributed by atoms with E-state index in [0.29, 0.717) is 24.6 Å². The predicted molar refractivity (Wildman–Crippen MR) is 119 cm³/mol. The van der Waals surface area contributed by atoms with Crippen LogP contribution in [0.1, 0.15) is 40.2 Å². The van der Waals surface area contributed by atoms with E-state index in [1.165, 1.54) is 11.0 Å². The third-order valence-corrected chi connectivity index (χ3v) is 3.84. The second-order valence-electron chi connectivity index (χ2n) is 8.56. The van der Waals surface area contributed by atoms with Crippen LogP contribution in [0, 0.1) is 0 Å². The first-order valence-electron chi connectivity index (χ1n) is 10.1. The summed E-state index contributed by atoms with van der Waals surface area (Å²) in [5, 5.41) is 0. The molecule has 0 fully saturated rings. The Morgan fingerprint density at radius 1 is 1.10 bits per heavy atom.